The molecule has 1 fully saturated rings. The lowest BCUT2D eigenvalue weighted by atomic mass is 9.74. The van der Waals surface area contributed by atoms with Crippen LogP contribution in [0.2, 0.25) is 0 Å². The molecule has 5 nitrogen and oxygen atoms in total. The van der Waals surface area contributed by atoms with Crippen molar-refractivity contribution in [1.29, 1.82) is 0 Å². The maximum atomic E-state index is 5.31. The van der Waals surface area contributed by atoms with Crippen molar-refractivity contribution in [2.75, 3.05) is 25.1 Å². The lowest BCUT2D eigenvalue weighted by Gasteiger charge is -2.40. The standard InChI is InChI=1S/C26H30N4O/c1-17-13-22-23(14-17)27-16-28-25(22)30-11-9-26(3,10-12-30)24-15-21(18(2)29-24)19-5-7-20(31-4)8-6-19/h5-8,13,16H,9-12,14-15H2,1-4H3. The van der Waals surface area contributed by atoms with E-state index in [9.17, 15) is 0 Å². The molecule has 0 unspecified atom stereocenters. The average Bonchev–Trinajstić information content (AvgIpc) is 3.36. The van der Waals surface area contributed by atoms with Crippen LogP contribution in [-0.2, 0) is 6.42 Å². The molecule has 0 radical (unpaired) electrons. The van der Waals surface area contributed by atoms with E-state index in [1.807, 2.05) is 12.1 Å². The fourth-order valence-corrected chi connectivity index (χ4v) is 5.08. The van der Waals surface area contributed by atoms with Crippen LogP contribution in [0.4, 0.5) is 5.82 Å². The predicted molar refractivity (Wildman–Crippen MR) is 127 cm³/mol. The monoisotopic (exact) mass is 414 g/mol. The van der Waals surface area contributed by atoms with Gasteiger partial charge in [-0.05, 0) is 50.0 Å². The zero-order valence-corrected chi connectivity index (χ0v) is 18.9. The van der Waals surface area contributed by atoms with Crippen molar-refractivity contribution in [2.45, 2.75) is 46.5 Å². The van der Waals surface area contributed by atoms with Gasteiger partial charge in [0.25, 0.3) is 0 Å². The van der Waals surface area contributed by atoms with Gasteiger partial charge in [0.2, 0.25) is 0 Å². The van der Waals surface area contributed by atoms with Gasteiger partial charge in [-0.2, -0.15) is 0 Å². The zero-order chi connectivity index (χ0) is 21.6. The van der Waals surface area contributed by atoms with Crippen LogP contribution in [0.1, 0.15) is 56.9 Å². The third kappa shape index (κ3) is 3.56. The molecule has 1 aromatic carbocycles. The largest absolute Gasteiger partial charge is 0.497 e. The molecular formula is C26H30N4O. The Morgan fingerprint density at radius 1 is 1.00 bits per heavy atom. The molecule has 0 amide bonds. The highest BCUT2D eigenvalue weighted by Crippen LogP contribution is 2.42. The SMILES string of the molecule is COc1ccc(C2=C(C)N=C(C3(C)CCN(c4ncnc5c4C=C(C)C5)CC3)C2)cc1. The molecule has 0 atom stereocenters. The van der Waals surface area contributed by atoms with Crippen molar-refractivity contribution in [3.05, 3.63) is 58.7 Å². The summed E-state index contributed by atoms with van der Waals surface area (Å²) in [4.78, 5) is 16.6. The molecule has 0 saturated carbocycles. The van der Waals surface area contributed by atoms with Crippen molar-refractivity contribution in [1.82, 2.24) is 9.97 Å². The van der Waals surface area contributed by atoms with Crippen LogP contribution >= 0.6 is 0 Å². The van der Waals surface area contributed by atoms with Crippen LogP contribution in [0.15, 0.2) is 46.9 Å². The lowest BCUT2D eigenvalue weighted by molar-refractivity contribution is 0.351. The number of hydrogen-bond donors (Lipinski definition) is 0. The van der Waals surface area contributed by atoms with Gasteiger partial charge >= 0.3 is 0 Å². The first-order valence-electron chi connectivity index (χ1n) is 11.1. The minimum Gasteiger partial charge on any atom is -0.497 e. The van der Waals surface area contributed by atoms with E-state index in [0.29, 0.717) is 0 Å². The summed E-state index contributed by atoms with van der Waals surface area (Å²) in [5, 5.41) is 0. The molecule has 31 heavy (non-hydrogen) atoms. The van der Waals surface area contributed by atoms with E-state index in [4.69, 9.17) is 9.73 Å². The van der Waals surface area contributed by atoms with Crippen LogP contribution in [0, 0.1) is 5.41 Å². The molecule has 1 saturated heterocycles. The molecule has 3 aliphatic rings. The maximum absolute atomic E-state index is 5.31. The second-order valence-corrected chi connectivity index (χ2v) is 9.30. The number of hydrogen-bond acceptors (Lipinski definition) is 5. The maximum Gasteiger partial charge on any atom is 0.139 e. The molecule has 0 bridgehead atoms. The summed E-state index contributed by atoms with van der Waals surface area (Å²) in [5.41, 5.74) is 8.96. The van der Waals surface area contributed by atoms with Crippen LogP contribution in [0.5, 0.6) is 5.75 Å². The van der Waals surface area contributed by atoms with Crippen LogP contribution in [-0.4, -0.2) is 35.9 Å². The van der Waals surface area contributed by atoms with Crippen LogP contribution in [0.25, 0.3) is 11.6 Å². The second kappa shape index (κ2) is 7.63. The number of fused-ring (bicyclic) bond motifs is 1. The Balaban J connectivity index is 1.29. The Bertz CT molecular complexity index is 1100. The molecule has 1 aliphatic carbocycles. The fraction of sp³-hybridized carbons (Fsp3) is 0.423. The number of ether oxygens (including phenoxy) is 1. The Morgan fingerprint density at radius 3 is 2.45 bits per heavy atom. The number of rotatable bonds is 4. The van der Waals surface area contributed by atoms with E-state index in [1.54, 1.807) is 13.4 Å². The van der Waals surface area contributed by atoms with E-state index in [0.717, 1.165) is 56.0 Å². The molecule has 0 N–H and O–H groups in total. The summed E-state index contributed by atoms with van der Waals surface area (Å²) in [7, 11) is 1.71. The predicted octanol–water partition coefficient (Wildman–Crippen LogP) is 5.33. The summed E-state index contributed by atoms with van der Waals surface area (Å²) >= 11 is 0. The highest BCUT2D eigenvalue weighted by molar-refractivity contribution is 6.03. The Kier molecular flexibility index (Phi) is 4.92. The number of methoxy groups -OCH3 is 1. The molecule has 160 valence electrons. The Labute approximate surface area is 184 Å². The van der Waals surface area contributed by atoms with Gasteiger partial charge in [0.05, 0.1) is 12.8 Å². The third-order valence-electron chi connectivity index (χ3n) is 7.17. The summed E-state index contributed by atoms with van der Waals surface area (Å²) in [5.74, 6) is 1.99. The van der Waals surface area contributed by atoms with E-state index in [2.05, 4.69) is 53.8 Å². The molecule has 2 aliphatic heterocycles. The third-order valence-corrected chi connectivity index (χ3v) is 7.17. The van der Waals surface area contributed by atoms with Crippen LogP contribution in [0.3, 0.4) is 0 Å². The normalized spacial score (nSPS) is 19.9. The topological polar surface area (TPSA) is 50.6 Å². The number of benzene rings is 1. The first-order valence-corrected chi connectivity index (χ1v) is 11.1. The van der Waals surface area contributed by atoms with Gasteiger partial charge in [0.1, 0.15) is 17.9 Å². The van der Waals surface area contributed by atoms with Gasteiger partial charge in [-0.25, -0.2) is 9.97 Å². The summed E-state index contributed by atoms with van der Waals surface area (Å²) in [6, 6.07) is 8.35. The van der Waals surface area contributed by atoms with Gasteiger partial charge < -0.3 is 9.64 Å². The van der Waals surface area contributed by atoms with Gasteiger partial charge in [0, 0.05) is 48.3 Å². The zero-order valence-electron chi connectivity index (χ0n) is 18.9. The minimum absolute atomic E-state index is 0.133. The molecule has 5 heteroatoms. The quantitative estimate of drug-likeness (QED) is 0.679. The lowest BCUT2D eigenvalue weighted by Crippen LogP contribution is -2.43. The van der Waals surface area contributed by atoms with Crippen molar-refractivity contribution >= 4 is 23.2 Å². The first kappa shape index (κ1) is 20.0. The number of piperidine rings is 1. The van der Waals surface area contributed by atoms with Gasteiger partial charge in [-0.3, -0.25) is 4.99 Å². The van der Waals surface area contributed by atoms with E-state index >= 15 is 0 Å². The van der Waals surface area contributed by atoms with E-state index < -0.39 is 0 Å². The highest BCUT2D eigenvalue weighted by Gasteiger charge is 2.38. The van der Waals surface area contributed by atoms with E-state index in [1.165, 1.54) is 33.7 Å². The molecule has 3 heterocycles. The highest BCUT2D eigenvalue weighted by atomic mass is 16.5. The number of nitrogens with zero attached hydrogens (tertiary/aromatic N) is 4. The van der Waals surface area contributed by atoms with Crippen molar-refractivity contribution < 1.29 is 4.74 Å². The van der Waals surface area contributed by atoms with Gasteiger partial charge in [-0.1, -0.05) is 30.7 Å². The van der Waals surface area contributed by atoms with Crippen LogP contribution < -0.4 is 9.64 Å². The van der Waals surface area contributed by atoms with E-state index in [-0.39, 0.29) is 5.41 Å². The molecule has 0 spiro atoms. The Morgan fingerprint density at radius 2 is 1.74 bits per heavy atom. The number of anilines is 1. The number of aromatic nitrogens is 2. The summed E-state index contributed by atoms with van der Waals surface area (Å²) < 4.78 is 5.31. The first-order chi connectivity index (χ1) is 15.0. The second-order valence-electron chi connectivity index (χ2n) is 9.30. The smallest absolute Gasteiger partial charge is 0.139 e. The van der Waals surface area contributed by atoms with Crippen molar-refractivity contribution in [3.63, 3.8) is 0 Å². The summed E-state index contributed by atoms with van der Waals surface area (Å²) in [6.45, 7) is 8.71. The van der Waals surface area contributed by atoms with Crippen molar-refractivity contribution in [3.8, 4) is 5.75 Å². The molecular weight excluding hydrogens is 384 g/mol. The average molecular weight is 415 g/mol. The minimum atomic E-state index is 0.133. The van der Waals surface area contributed by atoms with Gasteiger partial charge in [0.15, 0.2) is 0 Å². The van der Waals surface area contributed by atoms with Crippen molar-refractivity contribution in [2.24, 2.45) is 10.4 Å². The number of aliphatic imine (C=N–C) groups is 1. The fourth-order valence-electron chi connectivity index (χ4n) is 5.08. The summed E-state index contributed by atoms with van der Waals surface area (Å²) in [6.07, 6.45) is 8.07. The number of allylic oxidation sites excluding steroid dienone is 3. The van der Waals surface area contributed by atoms with Gasteiger partial charge in [-0.15, -0.1) is 0 Å². The molecule has 5 rings (SSSR count). The molecule has 2 aromatic rings. The molecule has 1 aromatic heterocycles. The Hall–Kier alpha value is -2.95.